The average Bonchev–Trinajstić information content (AvgIpc) is 2.55. The zero-order valence-corrected chi connectivity index (χ0v) is 12.5. The van der Waals surface area contributed by atoms with Crippen LogP contribution in [-0.4, -0.2) is 104 Å². The van der Waals surface area contributed by atoms with Crippen molar-refractivity contribution < 1.29 is 50.0 Å². The molecule has 2 aliphatic heterocycles. The summed E-state index contributed by atoms with van der Waals surface area (Å²) in [4.78, 5) is 0. The van der Waals surface area contributed by atoms with Crippen molar-refractivity contribution in [2.45, 2.75) is 74.8 Å². The molecule has 0 saturated carbocycles. The Balaban J connectivity index is 2.11. The van der Waals surface area contributed by atoms with Crippen molar-refractivity contribution in [3.05, 3.63) is 0 Å². The molecule has 2 aliphatic rings. The van der Waals surface area contributed by atoms with Crippen LogP contribution in [0, 0.1) is 0 Å². The number of aliphatic hydroxyl groups is 7. The van der Waals surface area contributed by atoms with Crippen molar-refractivity contribution >= 4 is 0 Å². The van der Waals surface area contributed by atoms with Gasteiger partial charge < -0.3 is 50.0 Å². The first-order valence-corrected chi connectivity index (χ1v) is 7.47. The maximum absolute atomic E-state index is 10.1. The van der Waals surface area contributed by atoms with Crippen molar-refractivity contribution in [3.63, 3.8) is 0 Å². The van der Waals surface area contributed by atoms with Gasteiger partial charge in [0.25, 0.3) is 0 Å². The normalized spacial score (nSPS) is 51.7. The second-order valence-corrected chi connectivity index (χ2v) is 5.75. The van der Waals surface area contributed by atoms with Gasteiger partial charge >= 0.3 is 0 Å². The van der Waals surface area contributed by atoms with Gasteiger partial charge in [0.1, 0.15) is 42.7 Å². The smallest absolute Gasteiger partial charge is 0.187 e. The third-order valence-corrected chi connectivity index (χ3v) is 4.20. The summed E-state index contributed by atoms with van der Waals surface area (Å²) in [6.07, 6.45) is -13.8. The quantitative estimate of drug-likeness (QED) is 0.268. The fourth-order valence-electron chi connectivity index (χ4n) is 2.75. The Hall–Kier alpha value is -0.400. The van der Waals surface area contributed by atoms with Crippen LogP contribution in [0.3, 0.4) is 0 Å². The van der Waals surface area contributed by atoms with Crippen LogP contribution in [0.5, 0.6) is 0 Å². The van der Waals surface area contributed by atoms with E-state index in [1.807, 2.05) is 0 Å². The molecule has 0 aliphatic carbocycles. The van der Waals surface area contributed by atoms with Crippen molar-refractivity contribution in [1.29, 1.82) is 0 Å². The van der Waals surface area contributed by atoms with Crippen LogP contribution in [-0.2, 0) is 14.2 Å². The van der Waals surface area contributed by atoms with E-state index >= 15 is 0 Å². The fraction of sp³-hybridized carbons (Fsp3) is 1.00. The lowest BCUT2D eigenvalue weighted by Crippen LogP contribution is -2.63. The summed E-state index contributed by atoms with van der Waals surface area (Å²) in [7, 11) is 0. The number of rotatable bonds is 4. The lowest BCUT2D eigenvalue weighted by molar-refractivity contribution is -0.353. The van der Waals surface area contributed by atoms with Crippen LogP contribution < -0.4 is 0 Å². The molecule has 2 rings (SSSR count). The number of hydrogen-bond acceptors (Lipinski definition) is 10. The van der Waals surface area contributed by atoms with Crippen LogP contribution in [0.1, 0.15) is 13.3 Å². The molecule has 0 radical (unpaired) electrons. The Morgan fingerprint density at radius 1 is 0.783 bits per heavy atom. The largest absolute Gasteiger partial charge is 0.394 e. The van der Waals surface area contributed by atoms with Crippen LogP contribution in [0.15, 0.2) is 0 Å². The van der Waals surface area contributed by atoms with Crippen molar-refractivity contribution in [2.24, 2.45) is 0 Å². The molecule has 0 aromatic rings. The molecule has 10 heteroatoms. The van der Waals surface area contributed by atoms with E-state index in [4.69, 9.17) is 19.3 Å². The number of hydrogen-bond donors (Lipinski definition) is 7. The average molecular weight is 340 g/mol. The first kappa shape index (κ1) is 18.9. The maximum Gasteiger partial charge on any atom is 0.187 e. The molecule has 7 N–H and O–H groups in total. The zero-order valence-electron chi connectivity index (χ0n) is 12.5. The molecule has 4 unspecified atom stereocenters. The van der Waals surface area contributed by atoms with Gasteiger partial charge in [-0.2, -0.15) is 0 Å². The van der Waals surface area contributed by atoms with E-state index in [9.17, 15) is 30.6 Å². The highest BCUT2D eigenvalue weighted by atomic mass is 16.7. The zero-order chi connectivity index (χ0) is 17.3. The topological polar surface area (TPSA) is 169 Å². The number of ether oxygens (including phenoxy) is 3. The molecule has 0 amide bonds. The Kier molecular flexibility index (Phi) is 6.30. The highest BCUT2D eigenvalue weighted by Crippen LogP contribution is 2.29. The van der Waals surface area contributed by atoms with Gasteiger partial charge in [0.15, 0.2) is 12.6 Å². The molecule has 0 aromatic carbocycles. The fourth-order valence-corrected chi connectivity index (χ4v) is 2.75. The highest BCUT2D eigenvalue weighted by molar-refractivity contribution is 4.93. The summed E-state index contributed by atoms with van der Waals surface area (Å²) in [5.74, 6) is 0. The van der Waals surface area contributed by atoms with Crippen LogP contribution in [0.2, 0.25) is 0 Å². The van der Waals surface area contributed by atoms with Crippen LogP contribution in [0.4, 0.5) is 0 Å². The predicted octanol–water partition coefficient (Wildman–Crippen LogP) is -3.98. The summed E-state index contributed by atoms with van der Waals surface area (Å²) in [5, 5.41) is 67.8. The highest BCUT2D eigenvalue weighted by Gasteiger charge is 2.49. The standard InChI is InChI=1S/C13H24O10/c1-2-4-11(8(17)9(18)12(20)21-4)23-13-10(19)7(16)6(15)5(3-14)22-13/h4-20H,2-3H2,1H3/t4?,5?,6-,7+,8-,9?,10?,11-,12+,13+/m1/s1. The van der Waals surface area contributed by atoms with E-state index in [1.54, 1.807) is 6.92 Å². The van der Waals surface area contributed by atoms with E-state index in [0.717, 1.165) is 0 Å². The SMILES string of the molecule is CCC1O[C@H](O)C(O)[C@@H](O)[C@@H]1O[C@@H]1OC(CO)[C@@H](O)[C@H](O)C1O. The van der Waals surface area contributed by atoms with E-state index < -0.39 is 68.0 Å². The predicted molar refractivity (Wildman–Crippen MR) is 71.8 cm³/mol. The monoisotopic (exact) mass is 340 g/mol. The molecular formula is C13H24O10. The molecule has 136 valence electrons. The third kappa shape index (κ3) is 3.66. The molecular weight excluding hydrogens is 316 g/mol. The Bertz CT molecular complexity index is 378. The first-order chi connectivity index (χ1) is 10.8. The van der Waals surface area contributed by atoms with Gasteiger partial charge in [-0.25, -0.2) is 0 Å². The van der Waals surface area contributed by atoms with Gasteiger partial charge in [0.2, 0.25) is 0 Å². The van der Waals surface area contributed by atoms with Gasteiger partial charge in [-0.3, -0.25) is 0 Å². The summed E-state index contributed by atoms with van der Waals surface area (Å²) in [5.41, 5.74) is 0. The van der Waals surface area contributed by atoms with Gasteiger partial charge in [-0.05, 0) is 6.42 Å². The minimum atomic E-state index is -1.64. The van der Waals surface area contributed by atoms with Crippen molar-refractivity contribution in [1.82, 2.24) is 0 Å². The summed E-state index contributed by atoms with van der Waals surface area (Å²) in [6.45, 7) is 1.08. The van der Waals surface area contributed by atoms with Crippen LogP contribution in [0.25, 0.3) is 0 Å². The summed E-state index contributed by atoms with van der Waals surface area (Å²) in [6, 6.07) is 0. The third-order valence-electron chi connectivity index (χ3n) is 4.20. The Morgan fingerprint density at radius 2 is 1.43 bits per heavy atom. The molecule has 2 saturated heterocycles. The van der Waals surface area contributed by atoms with E-state index in [0.29, 0.717) is 6.42 Å². The lowest BCUT2D eigenvalue weighted by atomic mass is 9.96. The summed E-state index contributed by atoms with van der Waals surface area (Å²) < 4.78 is 15.8. The second kappa shape index (κ2) is 7.66. The van der Waals surface area contributed by atoms with Gasteiger partial charge in [-0.15, -0.1) is 0 Å². The molecule has 2 heterocycles. The second-order valence-electron chi connectivity index (χ2n) is 5.75. The molecule has 10 atom stereocenters. The van der Waals surface area contributed by atoms with Gasteiger partial charge in [0, 0.05) is 0 Å². The Labute approximate surface area is 132 Å². The first-order valence-electron chi connectivity index (χ1n) is 7.47. The minimum Gasteiger partial charge on any atom is -0.394 e. The molecule has 2 fully saturated rings. The maximum atomic E-state index is 10.1. The molecule has 10 nitrogen and oxygen atoms in total. The Morgan fingerprint density at radius 3 is 2.00 bits per heavy atom. The van der Waals surface area contributed by atoms with Crippen molar-refractivity contribution in [3.8, 4) is 0 Å². The van der Waals surface area contributed by atoms with E-state index in [1.165, 1.54) is 0 Å². The number of aliphatic hydroxyl groups excluding tert-OH is 7. The summed E-state index contributed by atoms with van der Waals surface area (Å²) >= 11 is 0. The molecule has 0 spiro atoms. The van der Waals surface area contributed by atoms with E-state index in [2.05, 4.69) is 0 Å². The van der Waals surface area contributed by atoms with Crippen LogP contribution >= 0.6 is 0 Å². The van der Waals surface area contributed by atoms with Gasteiger partial charge in [-0.1, -0.05) is 6.92 Å². The van der Waals surface area contributed by atoms with E-state index in [-0.39, 0.29) is 0 Å². The minimum absolute atomic E-state index is 0.322. The molecule has 23 heavy (non-hydrogen) atoms. The van der Waals surface area contributed by atoms with Crippen molar-refractivity contribution in [2.75, 3.05) is 6.61 Å². The lowest BCUT2D eigenvalue weighted by Gasteiger charge is -2.45. The van der Waals surface area contributed by atoms with Gasteiger partial charge in [0.05, 0.1) is 12.7 Å². The molecule has 0 aromatic heterocycles. The molecule has 0 bridgehead atoms.